The molecule has 1 fully saturated rings. The van der Waals surface area contributed by atoms with Crippen LogP contribution < -0.4 is 9.47 Å². The van der Waals surface area contributed by atoms with Gasteiger partial charge < -0.3 is 9.47 Å². The molecule has 0 N–H and O–H groups in total. The first-order valence-corrected chi connectivity index (χ1v) is 11.8. The monoisotopic (exact) mass is 439 g/mol. The van der Waals surface area contributed by atoms with Crippen molar-refractivity contribution in [2.45, 2.75) is 29.9 Å². The van der Waals surface area contributed by atoms with Crippen molar-refractivity contribution in [1.82, 2.24) is 4.31 Å². The molecule has 2 heterocycles. The zero-order valence-corrected chi connectivity index (χ0v) is 17.6. The van der Waals surface area contributed by atoms with Crippen molar-refractivity contribution in [3.05, 3.63) is 89.7 Å². The van der Waals surface area contributed by atoms with Gasteiger partial charge in [0.1, 0.15) is 5.82 Å². The Kier molecular flexibility index (Phi) is 4.95. The molecule has 160 valence electrons. The second-order valence-electron chi connectivity index (χ2n) is 7.77. The molecule has 5 rings (SSSR count). The highest BCUT2D eigenvalue weighted by Gasteiger charge is 2.46. The number of benzene rings is 3. The Labute approximate surface area is 181 Å². The predicted molar refractivity (Wildman–Crippen MR) is 114 cm³/mol. The van der Waals surface area contributed by atoms with Crippen molar-refractivity contribution in [3.8, 4) is 11.5 Å². The molecule has 1 atom stereocenters. The van der Waals surface area contributed by atoms with E-state index in [1.54, 1.807) is 24.3 Å². The molecule has 2 aliphatic rings. The number of hydrogen-bond donors (Lipinski definition) is 0. The van der Waals surface area contributed by atoms with Crippen LogP contribution in [0.15, 0.2) is 77.7 Å². The molecule has 0 aromatic heterocycles. The van der Waals surface area contributed by atoms with Crippen molar-refractivity contribution in [3.63, 3.8) is 0 Å². The number of sulfonamides is 1. The summed E-state index contributed by atoms with van der Waals surface area (Å²) in [4.78, 5) is 0.180. The predicted octanol–water partition coefficient (Wildman–Crippen LogP) is 4.67. The molecule has 0 radical (unpaired) electrons. The van der Waals surface area contributed by atoms with E-state index in [0.717, 1.165) is 24.8 Å². The zero-order chi connectivity index (χ0) is 21.5. The summed E-state index contributed by atoms with van der Waals surface area (Å²) in [6.45, 7) is 1.06. The molecule has 3 aromatic carbocycles. The van der Waals surface area contributed by atoms with Crippen LogP contribution >= 0.6 is 0 Å². The molecule has 0 amide bonds. The van der Waals surface area contributed by atoms with Crippen LogP contribution in [0.25, 0.3) is 0 Å². The van der Waals surface area contributed by atoms with E-state index in [9.17, 15) is 12.8 Å². The zero-order valence-electron chi connectivity index (χ0n) is 16.8. The van der Waals surface area contributed by atoms with Gasteiger partial charge in [0.25, 0.3) is 0 Å². The van der Waals surface area contributed by atoms with Gasteiger partial charge in [-0.1, -0.05) is 36.8 Å². The smallest absolute Gasteiger partial charge is 0.305 e. The summed E-state index contributed by atoms with van der Waals surface area (Å²) in [5, 5.41) is 0. The van der Waals surface area contributed by atoms with Gasteiger partial charge in [0.15, 0.2) is 11.5 Å². The average molecular weight is 440 g/mol. The summed E-state index contributed by atoms with van der Waals surface area (Å²) in [6.07, 6.45) is 2.78. The molecule has 0 aliphatic carbocycles. The van der Waals surface area contributed by atoms with Gasteiger partial charge in [-0.15, -0.1) is 0 Å². The van der Waals surface area contributed by atoms with Crippen LogP contribution in [-0.2, 0) is 15.8 Å². The summed E-state index contributed by atoms with van der Waals surface area (Å²) in [7, 11) is -3.61. The molecule has 1 saturated heterocycles. The first-order valence-electron chi connectivity index (χ1n) is 10.3. The third-order valence-corrected chi connectivity index (χ3v) is 7.65. The van der Waals surface area contributed by atoms with E-state index in [2.05, 4.69) is 0 Å². The van der Waals surface area contributed by atoms with E-state index in [1.165, 1.54) is 22.5 Å². The Morgan fingerprint density at radius 1 is 0.774 bits per heavy atom. The molecule has 3 aromatic rings. The fourth-order valence-corrected chi connectivity index (χ4v) is 5.66. The van der Waals surface area contributed by atoms with E-state index < -0.39 is 15.8 Å². The number of halogens is 1. The Bertz CT molecular complexity index is 1190. The Balaban J connectivity index is 1.56. The van der Waals surface area contributed by atoms with Crippen molar-refractivity contribution < 1.29 is 22.3 Å². The first kappa shape index (κ1) is 20.0. The molecule has 7 heteroatoms. The number of fused-ring (bicyclic) bond motifs is 1. The molecule has 0 saturated carbocycles. The van der Waals surface area contributed by atoms with Crippen LogP contribution in [0.2, 0.25) is 0 Å². The van der Waals surface area contributed by atoms with Gasteiger partial charge in [0, 0.05) is 30.3 Å². The van der Waals surface area contributed by atoms with E-state index >= 15 is 0 Å². The normalized spacial score (nSPS) is 21.2. The Hall–Kier alpha value is -2.90. The second-order valence-corrected chi connectivity index (χ2v) is 9.70. The molecule has 2 aliphatic heterocycles. The van der Waals surface area contributed by atoms with E-state index in [1.807, 2.05) is 30.3 Å². The molecule has 5 nitrogen and oxygen atoms in total. The first-order chi connectivity index (χ1) is 15.0. The highest BCUT2D eigenvalue weighted by Crippen LogP contribution is 2.48. The molecule has 0 bridgehead atoms. The Morgan fingerprint density at radius 2 is 1.42 bits per heavy atom. The van der Waals surface area contributed by atoms with E-state index in [0.29, 0.717) is 30.2 Å². The minimum absolute atomic E-state index is 0.180. The maximum absolute atomic E-state index is 13.6. The Morgan fingerprint density at radius 3 is 2.13 bits per heavy atom. The van der Waals surface area contributed by atoms with Crippen LogP contribution in [0.4, 0.5) is 4.39 Å². The van der Waals surface area contributed by atoms with E-state index in [4.69, 9.17) is 9.47 Å². The minimum atomic E-state index is -3.61. The fourth-order valence-electron chi connectivity index (χ4n) is 4.13. The maximum atomic E-state index is 13.6. The van der Waals surface area contributed by atoms with E-state index in [-0.39, 0.29) is 10.7 Å². The maximum Gasteiger partial charge on any atom is 0.305 e. The fraction of sp³-hybridized carbons (Fsp3) is 0.250. The molecular weight excluding hydrogens is 417 g/mol. The lowest BCUT2D eigenvalue weighted by Gasteiger charge is -2.28. The summed E-state index contributed by atoms with van der Waals surface area (Å²) in [5.74, 6) is -0.917. The largest absolute Gasteiger partial charge is 0.440 e. The van der Waals surface area contributed by atoms with Gasteiger partial charge >= 0.3 is 5.79 Å². The highest BCUT2D eigenvalue weighted by atomic mass is 32.2. The third kappa shape index (κ3) is 3.47. The standard InChI is InChI=1S/C24H22FNO4S/c25-20-11-9-19(10-12-20)24(18-7-3-1-4-8-18)29-22-14-13-21(17-23(22)30-24)31(27,28)26-15-5-2-6-16-26/h1,3-4,7-14,17H,2,5-6,15-16H2. The summed E-state index contributed by atoms with van der Waals surface area (Å²) < 4.78 is 53.9. The summed E-state index contributed by atoms with van der Waals surface area (Å²) >= 11 is 0. The molecule has 0 spiro atoms. The number of piperidine rings is 1. The van der Waals surface area contributed by atoms with Crippen molar-refractivity contribution >= 4 is 10.0 Å². The van der Waals surface area contributed by atoms with Crippen molar-refractivity contribution in [2.24, 2.45) is 0 Å². The summed E-state index contributed by atoms with van der Waals surface area (Å²) in [6, 6.07) is 20.0. The second kappa shape index (κ2) is 7.66. The summed E-state index contributed by atoms with van der Waals surface area (Å²) in [5.41, 5.74) is 1.33. The topological polar surface area (TPSA) is 55.8 Å². The van der Waals surface area contributed by atoms with Crippen molar-refractivity contribution in [2.75, 3.05) is 13.1 Å². The van der Waals surface area contributed by atoms with Gasteiger partial charge in [-0.2, -0.15) is 4.31 Å². The van der Waals surface area contributed by atoms with Crippen LogP contribution in [0.1, 0.15) is 30.4 Å². The van der Waals surface area contributed by atoms with Crippen LogP contribution in [0.3, 0.4) is 0 Å². The molecule has 1 unspecified atom stereocenters. The van der Waals surface area contributed by atoms with Gasteiger partial charge in [0.05, 0.1) is 4.90 Å². The van der Waals surface area contributed by atoms with Crippen LogP contribution in [0.5, 0.6) is 11.5 Å². The van der Waals surface area contributed by atoms with Gasteiger partial charge in [-0.3, -0.25) is 0 Å². The molecular formula is C24H22FNO4S. The number of ether oxygens (including phenoxy) is 2. The lowest BCUT2D eigenvalue weighted by molar-refractivity contribution is -0.0459. The lowest BCUT2D eigenvalue weighted by atomic mass is 9.97. The van der Waals surface area contributed by atoms with Gasteiger partial charge in [-0.25, -0.2) is 12.8 Å². The molecule has 31 heavy (non-hydrogen) atoms. The average Bonchev–Trinajstić information content (AvgIpc) is 3.21. The van der Waals surface area contributed by atoms with Crippen LogP contribution in [-0.4, -0.2) is 25.8 Å². The quantitative estimate of drug-likeness (QED) is 0.593. The number of hydrogen-bond acceptors (Lipinski definition) is 4. The van der Waals surface area contributed by atoms with Gasteiger partial charge in [-0.05, 0) is 49.2 Å². The lowest BCUT2D eigenvalue weighted by Crippen LogP contribution is -2.36. The highest BCUT2D eigenvalue weighted by molar-refractivity contribution is 7.89. The number of nitrogens with zero attached hydrogens (tertiary/aromatic N) is 1. The van der Waals surface area contributed by atoms with Crippen molar-refractivity contribution in [1.29, 1.82) is 0 Å². The van der Waals surface area contributed by atoms with Gasteiger partial charge in [0.2, 0.25) is 10.0 Å². The SMILES string of the molecule is O=S(=O)(c1ccc2c(c1)OC(c1ccccc1)(c1ccc(F)cc1)O2)N1CCCCC1. The van der Waals surface area contributed by atoms with Crippen LogP contribution in [0, 0.1) is 5.82 Å². The minimum Gasteiger partial charge on any atom is -0.440 e. The third-order valence-electron chi connectivity index (χ3n) is 5.75. The number of rotatable bonds is 4.